The summed E-state index contributed by atoms with van der Waals surface area (Å²) in [6.45, 7) is 0. The lowest BCUT2D eigenvalue weighted by molar-refractivity contribution is 0.416. The molecule has 0 unspecified atom stereocenters. The average Bonchev–Trinajstić information content (AvgIpc) is 3.31. The van der Waals surface area contributed by atoms with E-state index in [9.17, 15) is 18.1 Å². The molecule has 0 atom stereocenters. The number of hydrogen-bond donors (Lipinski definition) is 3. The Morgan fingerprint density at radius 3 is 2.47 bits per heavy atom. The van der Waals surface area contributed by atoms with E-state index in [2.05, 4.69) is 29.2 Å². The minimum atomic E-state index is -4.46. The number of aromatic hydroxyl groups is 1. The van der Waals surface area contributed by atoms with Gasteiger partial charge in [-0.3, -0.25) is 4.55 Å². The number of ether oxygens (including phenoxy) is 1. The minimum Gasteiger partial charge on any atom is -0.507 e. The molecule has 36 heavy (non-hydrogen) atoms. The number of phenolic OH excluding ortho intramolecular Hbond substituents is 1. The number of nitrogens with one attached hydrogen (secondary N) is 1. The molecule has 3 N–H and O–H groups in total. The second-order valence-corrected chi connectivity index (χ2v) is 9.93. The molecule has 6 rings (SSSR count). The van der Waals surface area contributed by atoms with E-state index < -0.39 is 10.1 Å². The highest BCUT2D eigenvalue weighted by Gasteiger charge is 2.18. The Labute approximate surface area is 206 Å². The van der Waals surface area contributed by atoms with Gasteiger partial charge in [-0.2, -0.15) is 8.42 Å². The molecule has 1 heterocycles. The van der Waals surface area contributed by atoms with Crippen LogP contribution in [0.25, 0.3) is 55.1 Å². The van der Waals surface area contributed by atoms with Crippen LogP contribution in [-0.4, -0.2) is 35.2 Å². The lowest BCUT2D eigenvalue weighted by Crippen LogP contribution is -1.97. The number of benzene rings is 5. The van der Waals surface area contributed by atoms with Crippen molar-refractivity contribution in [2.75, 3.05) is 7.11 Å². The van der Waals surface area contributed by atoms with Gasteiger partial charge in [0.1, 0.15) is 22.8 Å². The standard InChI is InChI=1S/C28H20N2O5S/c1-35-25-14-17(21-8-4-6-16-5-2-3-7-20(16)21)9-11-22(25)28-29-23-12-10-18-13-19(36(32,33)34)15-24(31)26(18)27(23)30-28/h2-15,31H,1H3,(H,29,30)(H,32,33,34). The van der Waals surface area contributed by atoms with Crippen LogP contribution in [0.2, 0.25) is 0 Å². The van der Waals surface area contributed by atoms with Crippen molar-refractivity contribution in [3.8, 4) is 34.0 Å². The van der Waals surface area contributed by atoms with E-state index in [1.165, 1.54) is 6.07 Å². The molecule has 0 saturated carbocycles. The van der Waals surface area contributed by atoms with Crippen molar-refractivity contribution in [2.45, 2.75) is 4.90 Å². The van der Waals surface area contributed by atoms with Gasteiger partial charge < -0.3 is 14.8 Å². The van der Waals surface area contributed by atoms with Gasteiger partial charge in [-0.05, 0) is 51.6 Å². The maximum Gasteiger partial charge on any atom is 0.294 e. The highest BCUT2D eigenvalue weighted by Crippen LogP contribution is 2.39. The number of hydrogen-bond acceptors (Lipinski definition) is 5. The SMILES string of the molecule is COc1cc(-c2cccc3ccccc23)ccc1-c1nc2c(ccc3cc(S(=O)(=O)O)cc(O)c32)[nH]1. The molecule has 5 aromatic carbocycles. The van der Waals surface area contributed by atoms with Gasteiger partial charge in [0.15, 0.2) is 0 Å². The van der Waals surface area contributed by atoms with Crippen LogP contribution < -0.4 is 4.74 Å². The Kier molecular flexibility index (Phi) is 4.96. The summed E-state index contributed by atoms with van der Waals surface area (Å²) in [6, 6.07) is 26.1. The van der Waals surface area contributed by atoms with Crippen LogP contribution in [0, 0.1) is 0 Å². The number of nitrogens with zero attached hydrogens (tertiary/aromatic N) is 1. The Morgan fingerprint density at radius 1 is 0.861 bits per heavy atom. The van der Waals surface area contributed by atoms with Gasteiger partial charge in [-0.1, -0.05) is 54.6 Å². The van der Waals surface area contributed by atoms with E-state index >= 15 is 0 Å². The first-order chi connectivity index (χ1) is 17.3. The summed E-state index contributed by atoms with van der Waals surface area (Å²) in [7, 11) is -2.86. The predicted octanol–water partition coefficient (Wildman–Crippen LogP) is 6.16. The fourth-order valence-electron chi connectivity index (χ4n) is 4.69. The molecule has 0 bridgehead atoms. The van der Waals surface area contributed by atoms with E-state index in [0.29, 0.717) is 33.4 Å². The van der Waals surface area contributed by atoms with Crippen molar-refractivity contribution in [3.63, 3.8) is 0 Å². The summed E-state index contributed by atoms with van der Waals surface area (Å²) in [5.74, 6) is 0.876. The van der Waals surface area contributed by atoms with E-state index in [-0.39, 0.29) is 10.6 Å². The van der Waals surface area contributed by atoms with Crippen LogP contribution in [0.3, 0.4) is 0 Å². The molecule has 7 nitrogen and oxygen atoms in total. The number of rotatable bonds is 4. The number of H-pyrrole nitrogens is 1. The molecule has 0 fully saturated rings. The summed E-state index contributed by atoms with van der Waals surface area (Å²) < 4.78 is 38.2. The van der Waals surface area contributed by atoms with Gasteiger partial charge >= 0.3 is 0 Å². The fourth-order valence-corrected chi connectivity index (χ4v) is 5.23. The predicted molar refractivity (Wildman–Crippen MR) is 140 cm³/mol. The van der Waals surface area contributed by atoms with Gasteiger partial charge in [0.2, 0.25) is 0 Å². The topological polar surface area (TPSA) is 113 Å². The molecule has 0 radical (unpaired) electrons. The van der Waals surface area contributed by atoms with E-state index in [1.807, 2.05) is 36.4 Å². The van der Waals surface area contributed by atoms with Crippen LogP contribution in [-0.2, 0) is 10.1 Å². The molecule has 8 heteroatoms. The quantitative estimate of drug-likeness (QED) is 0.252. The second kappa shape index (κ2) is 8.08. The van der Waals surface area contributed by atoms with Gasteiger partial charge in [0.25, 0.3) is 10.1 Å². The minimum absolute atomic E-state index is 0.290. The number of methoxy groups -OCH3 is 1. The average molecular weight is 497 g/mol. The van der Waals surface area contributed by atoms with Gasteiger partial charge in [-0.25, -0.2) is 4.98 Å². The lowest BCUT2D eigenvalue weighted by Gasteiger charge is -2.11. The third kappa shape index (κ3) is 3.55. The molecule has 0 saturated heterocycles. The monoisotopic (exact) mass is 496 g/mol. The largest absolute Gasteiger partial charge is 0.507 e. The van der Waals surface area contributed by atoms with Crippen LogP contribution in [0.15, 0.2) is 89.8 Å². The highest BCUT2D eigenvalue weighted by atomic mass is 32.2. The highest BCUT2D eigenvalue weighted by molar-refractivity contribution is 7.85. The smallest absolute Gasteiger partial charge is 0.294 e. The van der Waals surface area contributed by atoms with Crippen LogP contribution in [0.4, 0.5) is 0 Å². The summed E-state index contributed by atoms with van der Waals surface area (Å²) in [4.78, 5) is 7.61. The maximum absolute atomic E-state index is 11.6. The van der Waals surface area contributed by atoms with Gasteiger partial charge in [-0.15, -0.1) is 0 Å². The van der Waals surface area contributed by atoms with Crippen molar-refractivity contribution in [1.29, 1.82) is 0 Å². The Morgan fingerprint density at radius 2 is 1.67 bits per heavy atom. The van der Waals surface area contributed by atoms with E-state index in [4.69, 9.17) is 9.72 Å². The van der Waals surface area contributed by atoms with Gasteiger partial charge in [0.05, 0.1) is 28.5 Å². The molecule has 6 aromatic rings. The summed E-state index contributed by atoms with van der Waals surface area (Å²) in [5, 5.41) is 13.7. The normalized spacial score (nSPS) is 11.9. The molecular formula is C28H20N2O5S. The third-order valence-corrected chi connectivity index (χ3v) is 7.21. The van der Waals surface area contributed by atoms with Crippen molar-refractivity contribution in [1.82, 2.24) is 9.97 Å². The number of aromatic nitrogens is 2. The van der Waals surface area contributed by atoms with Crippen LogP contribution in [0.1, 0.15) is 0 Å². The number of fused-ring (bicyclic) bond motifs is 4. The number of aromatic amines is 1. The molecule has 178 valence electrons. The zero-order valence-electron chi connectivity index (χ0n) is 19.1. The Balaban J connectivity index is 1.51. The first kappa shape index (κ1) is 22.1. The first-order valence-corrected chi connectivity index (χ1v) is 12.6. The summed E-state index contributed by atoms with van der Waals surface area (Å²) in [5.41, 5.74) is 3.96. The fraction of sp³-hybridized carbons (Fsp3) is 0.0357. The van der Waals surface area contributed by atoms with E-state index in [1.54, 1.807) is 19.2 Å². The molecule has 0 aliphatic heterocycles. The number of imidazole rings is 1. The van der Waals surface area contributed by atoms with Crippen molar-refractivity contribution in [3.05, 3.63) is 84.9 Å². The second-order valence-electron chi connectivity index (χ2n) is 8.50. The molecule has 0 aliphatic rings. The molecule has 0 amide bonds. The van der Waals surface area contributed by atoms with Crippen LogP contribution >= 0.6 is 0 Å². The van der Waals surface area contributed by atoms with Crippen LogP contribution in [0.5, 0.6) is 11.5 Å². The Bertz CT molecular complexity index is 1920. The Hall–Kier alpha value is -4.40. The number of phenols is 1. The summed E-state index contributed by atoms with van der Waals surface area (Å²) >= 11 is 0. The zero-order chi connectivity index (χ0) is 25.0. The van der Waals surface area contributed by atoms with Crippen molar-refractivity contribution in [2.24, 2.45) is 0 Å². The van der Waals surface area contributed by atoms with E-state index in [0.717, 1.165) is 33.5 Å². The third-order valence-electron chi connectivity index (χ3n) is 6.37. The molecule has 0 spiro atoms. The van der Waals surface area contributed by atoms with Gasteiger partial charge in [0, 0.05) is 6.07 Å². The lowest BCUT2D eigenvalue weighted by atomic mass is 9.97. The molecule has 0 aliphatic carbocycles. The zero-order valence-corrected chi connectivity index (χ0v) is 19.9. The molecule has 1 aromatic heterocycles. The maximum atomic E-state index is 11.6. The molecular weight excluding hydrogens is 476 g/mol. The first-order valence-electron chi connectivity index (χ1n) is 11.1. The summed E-state index contributed by atoms with van der Waals surface area (Å²) in [6.07, 6.45) is 0. The van der Waals surface area contributed by atoms with Crippen molar-refractivity contribution >= 4 is 42.7 Å². The van der Waals surface area contributed by atoms with Crippen molar-refractivity contribution < 1.29 is 22.8 Å².